The fourth-order valence-electron chi connectivity index (χ4n) is 0. The molecular formula is C6H16FeN11O2-. The average molecular weight is 330 g/mol. The molecule has 0 saturated carbocycles. The molecule has 20 heavy (non-hydrogen) atoms. The summed E-state index contributed by atoms with van der Waals surface area (Å²) in [5.41, 5.74) is 0. The molecular weight excluding hydrogens is 314 g/mol. The predicted octanol–water partition coefficient (Wildman–Crippen LogP) is 2.33. The maximum absolute atomic E-state index is 8.00. The second-order valence-corrected chi connectivity index (χ2v) is 0.0745. The molecule has 0 aromatic rings. The van der Waals surface area contributed by atoms with Crippen LogP contribution in [0.15, 0.2) is 5.34 Å². The van der Waals surface area contributed by atoms with Crippen molar-refractivity contribution < 1.29 is 17.1 Å². The van der Waals surface area contributed by atoms with E-state index in [1.54, 1.807) is 0 Å². The minimum absolute atomic E-state index is 0. The fraction of sp³-hybridized carbons (Fsp3) is 0. The van der Waals surface area contributed by atoms with Gasteiger partial charge in [0.05, 0.1) is 0 Å². The molecule has 0 aromatic heterocycles. The van der Waals surface area contributed by atoms with Crippen molar-refractivity contribution >= 4 is 0 Å². The van der Waals surface area contributed by atoms with Crippen molar-refractivity contribution in [2.24, 2.45) is 5.34 Å². The monoisotopic (exact) mass is 330 g/mol. The van der Waals surface area contributed by atoms with E-state index in [9.17, 15) is 0 Å². The van der Waals surface area contributed by atoms with Crippen molar-refractivity contribution in [3.05, 3.63) is 49.5 Å². The molecule has 13 nitrogen and oxygen atoms in total. The molecule has 0 aliphatic carbocycles. The quantitative estimate of drug-likeness (QED) is 0.220. The van der Waals surface area contributed by atoms with Gasteiger partial charge in [0.25, 0.3) is 0 Å². The van der Waals surface area contributed by atoms with Crippen molar-refractivity contribution in [1.29, 1.82) is 31.6 Å². The maximum Gasteiger partial charge on any atom is 2.00 e. The molecule has 0 unspecified atom stereocenters. The number of quaternary nitrogens is 4. The van der Waals surface area contributed by atoms with Crippen LogP contribution in [0.2, 0.25) is 0 Å². The van der Waals surface area contributed by atoms with Crippen LogP contribution in [-0.2, 0) is 17.1 Å². The molecule has 0 aliphatic heterocycles. The van der Waals surface area contributed by atoms with E-state index in [4.69, 9.17) is 81.1 Å². The van der Waals surface area contributed by atoms with Gasteiger partial charge in [0.15, 0.2) is 0 Å². The Kier molecular flexibility index (Phi) is 5970. The minimum atomic E-state index is 0. The third-order valence-electron chi connectivity index (χ3n) is 0. The maximum atomic E-state index is 8.00. The van der Waals surface area contributed by atoms with Gasteiger partial charge in [0.2, 0.25) is 0 Å². The van der Waals surface area contributed by atoms with E-state index in [-0.39, 0.29) is 41.7 Å². The Morgan fingerprint density at radius 3 is 0.550 bits per heavy atom. The summed E-state index contributed by atoms with van der Waals surface area (Å²) in [6, 6.07) is 0. The van der Waals surface area contributed by atoms with Gasteiger partial charge in [-0.05, 0) is 0 Å². The van der Waals surface area contributed by atoms with Crippen LogP contribution in [0.25, 0.3) is 0 Å². The first-order valence-corrected chi connectivity index (χ1v) is 1.71. The molecule has 16 N–H and O–H groups in total. The third-order valence-corrected chi connectivity index (χ3v) is 0. The Morgan fingerprint density at radius 2 is 0.550 bits per heavy atom. The van der Waals surface area contributed by atoms with E-state index in [0.29, 0.717) is 0 Å². The summed E-state index contributed by atoms with van der Waals surface area (Å²) in [6.45, 7) is 28.5. The van der Waals surface area contributed by atoms with Gasteiger partial charge in [-0.1, -0.05) is 0 Å². The van der Waals surface area contributed by atoms with E-state index >= 15 is 0 Å². The second kappa shape index (κ2) is 641. The molecule has 0 heterocycles. The fourth-order valence-corrected chi connectivity index (χ4v) is 0. The molecule has 0 rings (SSSR count). The summed E-state index contributed by atoms with van der Waals surface area (Å²) in [6.07, 6.45) is 0. The number of nitrogens with zero attached hydrogens (tertiary/aromatic N) is 7. The summed E-state index contributed by atoms with van der Waals surface area (Å²) >= 11 is 0. The van der Waals surface area contributed by atoms with Crippen LogP contribution in [0.1, 0.15) is 0 Å². The van der Waals surface area contributed by atoms with Crippen molar-refractivity contribution in [1.82, 2.24) is 24.6 Å². The molecule has 14 heteroatoms. The van der Waals surface area contributed by atoms with Crippen LogP contribution in [0.3, 0.4) is 0 Å². The van der Waals surface area contributed by atoms with E-state index < -0.39 is 0 Å². The molecule has 0 aliphatic rings. The molecule has 0 bridgehead atoms. The Labute approximate surface area is 129 Å². The Balaban J connectivity index is -0.00000000361. The summed E-state index contributed by atoms with van der Waals surface area (Å²) < 4.78 is 0. The molecule has 116 valence electrons. The van der Waals surface area contributed by atoms with E-state index in [2.05, 4.69) is 0 Å². The summed E-state index contributed by atoms with van der Waals surface area (Å²) in [7, 11) is 0. The molecule has 0 atom stereocenters. The third kappa shape index (κ3) is 253. The van der Waals surface area contributed by atoms with E-state index in [1.165, 1.54) is 0 Å². The average Bonchev–Trinajstić information content (AvgIpc) is 2.44. The first-order chi connectivity index (χ1) is 7.41. The van der Waals surface area contributed by atoms with E-state index in [1.807, 2.05) is 0 Å². The largest absolute Gasteiger partial charge is 2.00 e. The van der Waals surface area contributed by atoms with Crippen molar-refractivity contribution in [3.8, 4) is 0 Å². The zero-order chi connectivity index (χ0) is 14.7. The van der Waals surface area contributed by atoms with Gasteiger partial charge in [-0.3, -0.25) is 0 Å². The summed E-state index contributed by atoms with van der Waals surface area (Å²) in [4.78, 5) is 8.00. The van der Waals surface area contributed by atoms with Crippen LogP contribution in [0, 0.1) is 81.1 Å². The van der Waals surface area contributed by atoms with E-state index in [0.717, 1.165) is 5.34 Å². The van der Waals surface area contributed by atoms with Gasteiger partial charge in [-0.25, -0.2) is 0 Å². The van der Waals surface area contributed by atoms with Gasteiger partial charge < -0.3 is 106 Å². The number of hydrogen-bond acceptors (Lipinski definition) is 9. The molecule has 0 aromatic carbocycles. The summed E-state index contributed by atoms with van der Waals surface area (Å²) in [5, 5.41) is 46.5. The predicted molar refractivity (Wildman–Crippen MR) is 62.9 cm³/mol. The number of hydrogen-bond donors (Lipinski definition) is 4. The van der Waals surface area contributed by atoms with Gasteiger partial charge in [-0.2, -0.15) is 0 Å². The number of rotatable bonds is 0. The second-order valence-electron chi connectivity index (χ2n) is 0.0745. The first kappa shape index (κ1) is 186. The van der Waals surface area contributed by atoms with Gasteiger partial charge in [-0.15, -0.1) is 5.34 Å². The van der Waals surface area contributed by atoms with Gasteiger partial charge >= 0.3 is 17.1 Å². The van der Waals surface area contributed by atoms with Crippen LogP contribution >= 0.6 is 0 Å². The zero-order valence-electron chi connectivity index (χ0n) is 11.3. The zero-order valence-corrected chi connectivity index (χ0v) is 12.4. The summed E-state index contributed by atoms with van der Waals surface area (Å²) in [5.74, 6) is 0. The van der Waals surface area contributed by atoms with Crippen LogP contribution in [-0.4, -0.2) is 0 Å². The SMILES string of the molecule is O=N[O-].[C-]#N.[C-]#N.[C-]#N.[C-]#N.[C-]#N.[C-]#N.[Fe+2].[NH4+].[NH4+].[NH4+].[NH4+]. The Bertz CT molecular complexity index is 138. The minimum Gasteiger partial charge on any atom is -0.512 e. The topological polar surface area (TPSA) is 341 Å². The van der Waals surface area contributed by atoms with Gasteiger partial charge in [0.1, 0.15) is 0 Å². The normalized spacial score (nSPS) is 1.20. The molecule has 0 radical (unpaired) electrons. The van der Waals surface area contributed by atoms with Crippen molar-refractivity contribution in [2.75, 3.05) is 0 Å². The molecule has 0 fully saturated rings. The van der Waals surface area contributed by atoms with Crippen LogP contribution in [0.4, 0.5) is 0 Å². The Morgan fingerprint density at radius 1 is 0.550 bits per heavy atom. The van der Waals surface area contributed by atoms with Crippen LogP contribution in [0.5, 0.6) is 0 Å². The Hall–Kier alpha value is -3.30. The van der Waals surface area contributed by atoms with Crippen molar-refractivity contribution in [3.63, 3.8) is 0 Å². The molecule has 0 saturated heterocycles. The molecule has 0 spiro atoms. The molecule has 0 amide bonds. The van der Waals surface area contributed by atoms with Crippen LogP contribution < -0.4 is 24.6 Å². The standard InChI is InChI=1S/6CN.Fe.HNO2.4H3N/c6*1-2;;2-1-3;;;;/h;;;;;;;(H,2,3);4*1H3/q6*-1;+2;;;;;/p+3. The van der Waals surface area contributed by atoms with Crippen molar-refractivity contribution in [2.45, 2.75) is 0 Å². The smallest absolute Gasteiger partial charge is 0.512 e. The first-order valence-electron chi connectivity index (χ1n) is 1.71. The van der Waals surface area contributed by atoms with Gasteiger partial charge in [0, 0.05) is 0 Å².